The van der Waals surface area contributed by atoms with Crippen LogP contribution in [0.2, 0.25) is 0 Å². The summed E-state index contributed by atoms with van der Waals surface area (Å²) >= 11 is 1.19. The first-order valence-corrected chi connectivity index (χ1v) is 9.54. The molecule has 1 fully saturated rings. The van der Waals surface area contributed by atoms with E-state index >= 15 is 0 Å². The van der Waals surface area contributed by atoms with Gasteiger partial charge in [0.2, 0.25) is 0 Å². The predicted molar refractivity (Wildman–Crippen MR) is 81.6 cm³/mol. The van der Waals surface area contributed by atoms with Crippen molar-refractivity contribution in [2.24, 2.45) is 0 Å². The van der Waals surface area contributed by atoms with Crippen molar-refractivity contribution in [3.8, 4) is 0 Å². The largest absolute Gasteiger partial charge is 0.481 e. The molecule has 1 aromatic rings. The lowest BCUT2D eigenvalue weighted by atomic mass is 9.93. The highest BCUT2D eigenvalue weighted by Gasteiger charge is 2.32. The van der Waals surface area contributed by atoms with E-state index in [1.54, 1.807) is 4.68 Å². The molecule has 1 aromatic heterocycles. The molecule has 0 bridgehead atoms. The van der Waals surface area contributed by atoms with Crippen molar-refractivity contribution in [1.29, 1.82) is 0 Å². The maximum atomic E-state index is 11.7. The van der Waals surface area contributed by atoms with Crippen molar-refractivity contribution < 1.29 is 18.3 Å². The molecule has 6 nitrogen and oxygen atoms in total. The SMILES string of the molecule is CC(C)(C)c1cc(SCC(=O)O)n(C2CCS(=O)(=O)C2)n1. The summed E-state index contributed by atoms with van der Waals surface area (Å²) in [7, 11) is -3.00. The Kier molecular flexibility index (Phi) is 4.39. The van der Waals surface area contributed by atoms with Gasteiger partial charge in [-0.25, -0.2) is 8.42 Å². The van der Waals surface area contributed by atoms with Crippen molar-refractivity contribution >= 4 is 27.6 Å². The molecular formula is C13H20N2O4S2. The number of hydrogen-bond donors (Lipinski definition) is 1. The van der Waals surface area contributed by atoms with Crippen LogP contribution in [0.25, 0.3) is 0 Å². The summed E-state index contributed by atoms with van der Waals surface area (Å²) < 4.78 is 25.0. The molecule has 0 radical (unpaired) electrons. The van der Waals surface area contributed by atoms with Gasteiger partial charge in [0, 0.05) is 5.41 Å². The quantitative estimate of drug-likeness (QED) is 0.845. The van der Waals surface area contributed by atoms with Crippen LogP contribution in [0.3, 0.4) is 0 Å². The maximum Gasteiger partial charge on any atom is 0.313 e. The van der Waals surface area contributed by atoms with Gasteiger partial charge in [-0.3, -0.25) is 9.48 Å². The Labute approximate surface area is 128 Å². The molecule has 8 heteroatoms. The fraction of sp³-hybridized carbons (Fsp3) is 0.692. The molecule has 1 N–H and O–H groups in total. The average Bonchev–Trinajstić information content (AvgIpc) is 2.88. The van der Waals surface area contributed by atoms with E-state index in [4.69, 9.17) is 5.11 Å². The maximum absolute atomic E-state index is 11.7. The summed E-state index contributed by atoms with van der Waals surface area (Å²) in [5, 5.41) is 14.1. The first kappa shape index (κ1) is 16.4. The van der Waals surface area contributed by atoms with Crippen LogP contribution < -0.4 is 0 Å². The van der Waals surface area contributed by atoms with Gasteiger partial charge in [-0.1, -0.05) is 32.5 Å². The molecule has 21 heavy (non-hydrogen) atoms. The first-order chi connectivity index (χ1) is 9.58. The van der Waals surface area contributed by atoms with Crippen molar-refractivity contribution in [3.05, 3.63) is 11.8 Å². The van der Waals surface area contributed by atoms with E-state index in [2.05, 4.69) is 5.10 Å². The van der Waals surface area contributed by atoms with Gasteiger partial charge in [0.1, 0.15) is 0 Å². The highest BCUT2D eigenvalue weighted by Crippen LogP contribution is 2.32. The molecule has 2 rings (SSSR count). The van der Waals surface area contributed by atoms with Crippen LogP contribution in [0.4, 0.5) is 0 Å². The van der Waals surface area contributed by atoms with E-state index in [1.165, 1.54) is 11.8 Å². The second-order valence-corrected chi connectivity index (χ2v) is 9.53. The third-order valence-electron chi connectivity index (χ3n) is 3.37. The zero-order valence-electron chi connectivity index (χ0n) is 12.4. The summed E-state index contributed by atoms with van der Waals surface area (Å²) in [4.78, 5) is 10.8. The van der Waals surface area contributed by atoms with E-state index in [-0.39, 0.29) is 28.7 Å². The third kappa shape index (κ3) is 4.00. The summed E-state index contributed by atoms with van der Waals surface area (Å²) in [6.45, 7) is 6.07. The Balaban J connectivity index is 2.33. The molecule has 1 aliphatic heterocycles. The van der Waals surface area contributed by atoms with E-state index < -0.39 is 15.8 Å². The molecule has 1 unspecified atom stereocenters. The van der Waals surface area contributed by atoms with Gasteiger partial charge in [0.25, 0.3) is 0 Å². The molecule has 118 valence electrons. The van der Waals surface area contributed by atoms with Crippen LogP contribution in [-0.2, 0) is 20.0 Å². The van der Waals surface area contributed by atoms with E-state index in [0.29, 0.717) is 6.42 Å². The van der Waals surface area contributed by atoms with Crippen LogP contribution in [0.15, 0.2) is 11.1 Å². The minimum absolute atomic E-state index is 0.0608. The van der Waals surface area contributed by atoms with Gasteiger partial charge in [-0.2, -0.15) is 5.10 Å². The van der Waals surface area contributed by atoms with Crippen molar-refractivity contribution in [2.45, 2.75) is 43.7 Å². The van der Waals surface area contributed by atoms with Crippen LogP contribution in [0, 0.1) is 0 Å². The Hall–Kier alpha value is -1.02. The van der Waals surface area contributed by atoms with Gasteiger partial charge in [-0.15, -0.1) is 0 Å². The molecular weight excluding hydrogens is 312 g/mol. The smallest absolute Gasteiger partial charge is 0.313 e. The molecule has 1 atom stereocenters. The van der Waals surface area contributed by atoms with Crippen LogP contribution in [-0.4, -0.2) is 46.5 Å². The number of aromatic nitrogens is 2. The lowest BCUT2D eigenvalue weighted by Gasteiger charge is -2.15. The molecule has 2 heterocycles. The number of rotatable bonds is 4. The molecule has 0 amide bonds. The normalized spacial score (nSPS) is 21.6. The van der Waals surface area contributed by atoms with Gasteiger partial charge in [0.05, 0.1) is 34.0 Å². The molecule has 1 saturated heterocycles. The highest BCUT2D eigenvalue weighted by molar-refractivity contribution is 7.99. The summed E-state index contributed by atoms with van der Waals surface area (Å²) in [5.41, 5.74) is 0.682. The number of sulfone groups is 1. The number of hydrogen-bond acceptors (Lipinski definition) is 5. The number of aliphatic carboxylic acids is 1. The molecule has 0 aromatic carbocycles. The van der Waals surface area contributed by atoms with Crippen LogP contribution in [0.1, 0.15) is 38.9 Å². The van der Waals surface area contributed by atoms with Gasteiger partial charge >= 0.3 is 5.97 Å². The Morgan fingerprint density at radius 1 is 1.52 bits per heavy atom. The Morgan fingerprint density at radius 3 is 2.67 bits per heavy atom. The Bertz CT molecular complexity index is 644. The van der Waals surface area contributed by atoms with Gasteiger partial charge in [0.15, 0.2) is 9.84 Å². The monoisotopic (exact) mass is 332 g/mol. The predicted octanol–water partition coefficient (Wildman–Crippen LogP) is 1.72. The number of carbonyl (C=O) groups is 1. The van der Waals surface area contributed by atoms with E-state index in [0.717, 1.165) is 10.7 Å². The minimum atomic E-state index is -3.00. The lowest BCUT2D eigenvalue weighted by molar-refractivity contribution is -0.133. The van der Waals surface area contributed by atoms with Gasteiger partial charge < -0.3 is 5.11 Å². The fourth-order valence-electron chi connectivity index (χ4n) is 2.22. The van der Waals surface area contributed by atoms with Crippen molar-refractivity contribution in [2.75, 3.05) is 17.3 Å². The number of carboxylic acids is 1. The van der Waals surface area contributed by atoms with E-state index in [9.17, 15) is 13.2 Å². The zero-order chi connectivity index (χ0) is 15.8. The van der Waals surface area contributed by atoms with Crippen molar-refractivity contribution in [1.82, 2.24) is 9.78 Å². The standard InChI is InChI=1S/C13H20N2O4S2/c1-13(2,3)10-6-11(20-7-12(16)17)15(14-10)9-4-5-21(18,19)8-9/h6,9H,4-5,7-8H2,1-3H3,(H,16,17). The fourth-order valence-corrected chi connectivity index (χ4v) is 4.70. The average molecular weight is 332 g/mol. The van der Waals surface area contributed by atoms with Crippen LogP contribution >= 0.6 is 11.8 Å². The molecule has 0 aliphatic carbocycles. The zero-order valence-corrected chi connectivity index (χ0v) is 14.0. The minimum Gasteiger partial charge on any atom is -0.481 e. The summed E-state index contributed by atoms with van der Waals surface area (Å²) in [6, 6.07) is 1.68. The summed E-state index contributed by atoms with van der Waals surface area (Å²) in [6.07, 6.45) is 0.536. The third-order valence-corrected chi connectivity index (χ3v) is 6.11. The topological polar surface area (TPSA) is 89.3 Å². The number of thioether (sulfide) groups is 1. The van der Waals surface area contributed by atoms with E-state index in [1.807, 2.05) is 26.8 Å². The van der Waals surface area contributed by atoms with Crippen molar-refractivity contribution in [3.63, 3.8) is 0 Å². The molecule has 0 saturated carbocycles. The number of carboxylic acid groups (broad SMARTS) is 1. The summed E-state index contributed by atoms with van der Waals surface area (Å²) in [5.74, 6) is -0.705. The molecule has 0 spiro atoms. The molecule has 1 aliphatic rings. The van der Waals surface area contributed by atoms with Crippen LogP contribution in [0.5, 0.6) is 0 Å². The number of nitrogens with zero attached hydrogens (tertiary/aromatic N) is 2. The lowest BCUT2D eigenvalue weighted by Crippen LogP contribution is -2.17. The second kappa shape index (κ2) is 5.64. The Morgan fingerprint density at radius 2 is 2.19 bits per heavy atom. The highest BCUT2D eigenvalue weighted by atomic mass is 32.2. The first-order valence-electron chi connectivity index (χ1n) is 6.73. The van der Waals surface area contributed by atoms with Gasteiger partial charge in [-0.05, 0) is 12.5 Å². The second-order valence-electron chi connectivity index (χ2n) is 6.30.